The molecule has 0 aliphatic heterocycles. The number of benzene rings is 1. The molecule has 0 saturated carbocycles. The Morgan fingerprint density at radius 2 is 2.00 bits per heavy atom. The van der Waals surface area contributed by atoms with Gasteiger partial charge in [-0.15, -0.1) is 0 Å². The third-order valence-corrected chi connectivity index (χ3v) is 3.19. The number of nitrogens with one attached hydrogen (secondary N) is 2. The molecule has 2 N–H and O–H groups in total. The first kappa shape index (κ1) is 17.0. The van der Waals surface area contributed by atoms with Crippen molar-refractivity contribution in [3.63, 3.8) is 0 Å². The van der Waals surface area contributed by atoms with Gasteiger partial charge < -0.3 is 4.74 Å². The van der Waals surface area contributed by atoms with Crippen molar-refractivity contribution in [1.29, 1.82) is 0 Å². The molecule has 23 heavy (non-hydrogen) atoms. The Balaban J connectivity index is 1.89. The molecular weight excluding hydrogens is 343 g/mol. The number of hydrogen-bond donors (Lipinski definition) is 2. The molecule has 1 heterocycles. The van der Waals surface area contributed by atoms with E-state index in [4.69, 9.17) is 27.9 Å². The highest BCUT2D eigenvalue weighted by molar-refractivity contribution is 6.35. The normalized spacial score (nSPS) is 11.4. The van der Waals surface area contributed by atoms with E-state index in [0.717, 1.165) is 0 Å². The van der Waals surface area contributed by atoms with Crippen molar-refractivity contribution in [3.05, 3.63) is 52.5 Å². The zero-order valence-electron chi connectivity index (χ0n) is 11.9. The first-order valence-electron chi connectivity index (χ1n) is 6.45. The molecule has 7 nitrogen and oxygen atoms in total. The molecule has 1 aromatic carbocycles. The molecule has 120 valence electrons. The summed E-state index contributed by atoms with van der Waals surface area (Å²) in [5.74, 6) is -0.851. The Hall–Kier alpha value is -2.38. The van der Waals surface area contributed by atoms with Crippen LogP contribution in [0.2, 0.25) is 10.0 Å². The van der Waals surface area contributed by atoms with E-state index in [1.807, 2.05) is 0 Å². The molecule has 2 amide bonds. The molecule has 0 unspecified atom stereocenters. The summed E-state index contributed by atoms with van der Waals surface area (Å²) in [6, 6.07) is 4.63. The largest absolute Gasteiger partial charge is 0.479 e. The molecule has 0 saturated heterocycles. The summed E-state index contributed by atoms with van der Waals surface area (Å²) in [6.45, 7) is 1.51. The van der Waals surface area contributed by atoms with Gasteiger partial charge in [0.25, 0.3) is 11.8 Å². The van der Waals surface area contributed by atoms with Crippen molar-refractivity contribution >= 4 is 35.0 Å². The first-order chi connectivity index (χ1) is 11.0. The maximum Gasteiger partial charge on any atom is 0.289 e. The second-order valence-electron chi connectivity index (χ2n) is 4.37. The molecule has 2 rings (SSSR count). The Labute approximate surface area is 142 Å². The molecule has 0 radical (unpaired) electrons. The van der Waals surface area contributed by atoms with Crippen LogP contribution in [-0.2, 0) is 4.79 Å². The molecule has 2 aromatic rings. The topological polar surface area (TPSA) is 93.2 Å². The number of rotatable bonds is 4. The van der Waals surface area contributed by atoms with E-state index in [-0.39, 0.29) is 10.7 Å². The van der Waals surface area contributed by atoms with Gasteiger partial charge in [0.2, 0.25) is 0 Å². The molecule has 0 aliphatic carbocycles. The SMILES string of the molecule is C[C@@H](Oc1ccc(Cl)cc1Cl)C(=O)NNC(=O)c1cnccn1. The Kier molecular flexibility index (Phi) is 5.72. The number of aromatic nitrogens is 2. The van der Waals surface area contributed by atoms with Crippen LogP contribution in [0.1, 0.15) is 17.4 Å². The monoisotopic (exact) mass is 354 g/mol. The van der Waals surface area contributed by atoms with Crippen molar-refractivity contribution in [3.8, 4) is 5.75 Å². The standard InChI is InChI=1S/C14H12Cl2N4O3/c1-8(23-12-3-2-9(15)6-10(12)16)13(21)19-20-14(22)11-7-17-4-5-18-11/h2-8H,1H3,(H,19,21)(H,20,22)/t8-/m1/s1. The van der Waals surface area contributed by atoms with Gasteiger partial charge in [-0.05, 0) is 25.1 Å². The van der Waals surface area contributed by atoms with Crippen molar-refractivity contribution < 1.29 is 14.3 Å². The van der Waals surface area contributed by atoms with Crippen molar-refractivity contribution in [2.24, 2.45) is 0 Å². The Morgan fingerprint density at radius 1 is 1.22 bits per heavy atom. The van der Waals surface area contributed by atoms with Crippen LogP contribution in [0.4, 0.5) is 0 Å². The van der Waals surface area contributed by atoms with Gasteiger partial charge >= 0.3 is 0 Å². The summed E-state index contributed by atoms with van der Waals surface area (Å²) in [5, 5.41) is 0.733. The smallest absolute Gasteiger partial charge is 0.289 e. The zero-order valence-corrected chi connectivity index (χ0v) is 13.4. The van der Waals surface area contributed by atoms with E-state index < -0.39 is 17.9 Å². The van der Waals surface area contributed by atoms with Crippen LogP contribution in [0, 0.1) is 0 Å². The number of amides is 2. The lowest BCUT2D eigenvalue weighted by Gasteiger charge is -2.16. The number of carbonyl (C=O) groups is 2. The molecule has 9 heteroatoms. The molecular formula is C14H12Cl2N4O3. The van der Waals surface area contributed by atoms with E-state index in [1.54, 1.807) is 12.1 Å². The van der Waals surface area contributed by atoms with Gasteiger partial charge in [-0.25, -0.2) is 4.98 Å². The van der Waals surface area contributed by atoms with Gasteiger partial charge in [0.15, 0.2) is 6.10 Å². The second-order valence-corrected chi connectivity index (χ2v) is 5.21. The number of carbonyl (C=O) groups excluding carboxylic acids is 2. The predicted molar refractivity (Wildman–Crippen MR) is 84.2 cm³/mol. The van der Waals surface area contributed by atoms with Crippen molar-refractivity contribution in [2.45, 2.75) is 13.0 Å². The van der Waals surface area contributed by atoms with Crippen molar-refractivity contribution in [1.82, 2.24) is 20.8 Å². The van der Waals surface area contributed by atoms with Gasteiger partial charge in [-0.1, -0.05) is 23.2 Å². The van der Waals surface area contributed by atoms with Crippen LogP contribution >= 0.6 is 23.2 Å². The van der Waals surface area contributed by atoms with Gasteiger partial charge in [-0.3, -0.25) is 25.4 Å². The van der Waals surface area contributed by atoms with Crippen LogP contribution in [0.15, 0.2) is 36.8 Å². The third-order valence-electron chi connectivity index (χ3n) is 2.66. The Bertz CT molecular complexity index is 712. The van der Waals surface area contributed by atoms with E-state index in [9.17, 15) is 9.59 Å². The van der Waals surface area contributed by atoms with Crippen LogP contribution in [0.5, 0.6) is 5.75 Å². The highest BCUT2D eigenvalue weighted by Crippen LogP contribution is 2.28. The summed E-state index contributed by atoms with van der Waals surface area (Å²) < 4.78 is 5.42. The number of nitrogens with zero attached hydrogens (tertiary/aromatic N) is 2. The molecule has 0 aliphatic rings. The fraction of sp³-hybridized carbons (Fsp3) is 0.143. The molecule has 1 atom stereocenters. The second kappa shape index (κ2) is 7.75. The minimum atomic E-state index is -0.893. The summed E-state index contributed by atoms with van der Waals surface area (Å²) in [6.07, 6.45) is 3.18. The maximum absolute atomic E-state index is 11.9. The van der Waals surface area contributed by atoms with Crippen molar-refractivity contribution in [2.75, 3.05) is 0 Å². The third kappa shape index (κ3) is 4.80. The number of ether oxygens (including phenoxy) is 1. The number of halogens is 2. The lowest BCUT2D eigenvalue weighted by atomic mass is 10.3. The van der Waals surface area contributed by atoms with Crippen LogP contribution in [0.25, 0.3) is 0 Å². The minimum Gasteiger partial charge on any atom is -0.479 e. The summed E-state index contributed by atoms with van der Waals surface area (Å²) in [5.41, 5.74) is 4.52. The minimum absolute atomic E-state index is 0.0714. The Morgan fingerprint density at radius 3 is 2.65 bits per heavy atom. The average Bonchev–Trinajstić information content (AvgIpc) is 2.55. The maximum atomic E-state index is 11.9. The highest BCUT2D eigenvalue weighted by Gasteiger charge is 2.17. The number of hydrogen-bond acceptors (Lipinski definition) is 5. The lowest BCUT2D eigenvalue weighted by Crippen LogP contribution is -2.47. The quantitative estimate of drug-likeness (QED) is 0.819. The van der Waals surface area contributed by atoms with Crippen LogP contribution in [-0.4, -0.2) is 27.9 Å². The molecule has 0 spiro atoms. The summed E-state index contributed by atoms with van der Waals surface area (Å²) >= 11 is 11.7. The average molecular weight is 355 g/mol. The lowest BCUT2D eigenvalue weighted by molar-refractivity contribution is -0.128. The first-order valence-corrected chi connectivity index (χ1v) is 7.21. The van der Waals surface area contributed by atoms with Gasteiger partial charge in [0.1, 0.15) is 11.4 Å². The summed E-state index contributed by atoms with van der Waals surface area (Å²) in [7, 11) is 0. The van der Waals surface area contributed by atoms with Crippen LogP contribution in [0.3, 0.4) is 0 Å². The number of hydrazine groups is 1. The molecule has 1 aromatic heterocycles. The highest BCUT2D eigenvalue weighted by atomic mass is 35.5. The fourth-order valence-electron chi connectivity index (χ4n) is 1.52. The van der Waals surface area contributed by atoms with Gasteiger partial charge in [-0.2, -0.15) is 0 Å². The van der Waals surface area contributed by atoms with Gasteiger partial charge in [0, 0.05) is 17.4 Å². The summed E-state index contributed by atoms with van der Waals surface area (Å²) in [4.78, 5) is 31.2. The van der Waals surface area contributed by atoms with E-state index >= 15 is 0 Å². The van der Waals surface area contributed by atoms with Gasteiger partial charge in [0.05, 0.1) is 11.2 Å². The fourth-order valence-corrected chi connectivity index (χ4v) is 1.97. The predicted octanol–water partition coefficient (Wildman–Crippen LogP) is 2.01. The zero-order chi connectivity index (χ0) is 16.8. The van der Waals surface area contributed by atoms with E-state index in [1.165, 1.54) is 31.6 Å². The molecule has 0 fully saturated rings. The molecule has 0 bridgehead atoms. The van der Waals surface area contributed by atoms with E-state index in [2.05, 4.69) is 20.8 Å². The van der Waals surface area contributed by atoms with Crippen LogP contribution < -0.4 is 15.6 Å². The van der Waals surface area contributed by atoms with E-state index in [0.29, 0.717) is 10.8 Å².